The molecule has 0 amide bonds. The summed E-state index contributed by atoms with van der Waals surface area (Å²) in [5, 5.41) is 9.75. The number of aromatic nitrogens is 2. The van der Waals surface area contributed by atoms with Gasteiger partial charge in [-0.1, -0.05) is 0 Å². The standard InChI is InChI=1S/C15H20BrN5OS/c1-17-15(18-7-13-5-12(16)10-23-13)21-3-4-22-14(9-21)11-6-19-20(2)8-11/h5-6,8,10,14H,3-4,7,9H2,1-2H3,(H,17,18). The molecule has 0 saturated carbocycles. The van der Waals surface area contributed by atoms with Gasteiger partial charge in [-0.3, -0.25) is 9.67 Å². The van der Waals surface area contributed by atoms with Gasteiger partial charge in [0.05, 0.1) is 25.9 Å². The molecule has 23 heavy (non-hydrogen) atoms. The Morgan fingerprint density at radius 1 is 1.61 bits per heavy atom. The molecule has 0 aromatic carbocycles. The van der Waals surface area contributed by atoms with Crippen molar-refractivity contribution in [1.29, 1.82) is 0 Å². The van der Waals surface area contributed by atoms with E-state index in [0.29, 0.717) is 6.61 Å². The summed E-state index contributed by atoms with van der Waals surface area (Å²) in [7, 11) is 3.74. The van der Waals surface area contributed by atoms with Gasteiger partial charge in [-0.2, -0.15) is 5.10 Å². The monoisotopic (exact) mass is 397 g/mol. The van der Waals surface area contributed by atoms with Crippen LogP contribution in [0.1, 0.15) is 16.5 Å². The van der Waals surface area contributed by atoms with Crippen molar-refractivity contribution < 1.29 is 4.74 Å². The maximum atomic E-state index is 5.89. The van der Waals surface area contributed by atoms with Crippen molar-refractivity contribution in [3.8, 4) is 0 Å². The average Bonchev–Trinajstić information content (AvgIpc) is 3.17. The van der Waals surface area contributed by atoms with Crippen LogP contribution in [0.5, 0.6) is 0 Å². The minimum absolute atomic E-state index is 0.0342. The fourth-order valence-electron chi connectivity index (χ4n) is 2.59. The van der Waals surface area contributed by atoms with Gasteiger partial charge in [-0.15, -0.1) is 11.3 Å². The van der Waals surface area contributed by atoms with Gasteiger partial charge in [0.1, 0.15) is 6.10 Å². The number of hydrogen-bond donors (Lipinski definition) is 1. The molecule has 2 aromatic rings. The Hall–Kier alpha value is -1.38. The highest BCUT2D eigenvalue weighted by Crippen LogP contribution is 2.22. The Kier molecular flexibility index (Phi) is 5.34. The normalized spacial score (nSPS) is 19.2. The second-order valence-corrected chi connectivity index (χ2v) is 7.30. The largest absolute Gasteiger partial charge is 0.370 e. The number of guanidine groups is 1. The van der Waals surface area contributed by atoms with Crippen LogP contribution in [-0.4, -0.2) is 47.4 Å². The van der Waals surface area contributed by atoms with E-state index in [1.807, 2.05) is 26.5 Å². The molecule has 0 bridgehead atoms. The van der Waals surface area contributed by atoms with E-state index in [2.05, 4.69) is 47.7 Å². The molecule has 1 aliphatic heterocycles. The van der Waals surface area contributed by atoms with E-state index in [1.165, 1.54) is 4.88 Å². The lowest BCUT2D eigenvalue weighted by Crippen LogP contribution is -2.47. The van der Waals surface area contributed by atoms with Crippen molar-refractivity contribution in [2.24, 2.45) is 12.0 Å². The van der Waals surface area contributed by atoms with Crippen LogP contribution in [-0.2, 0) is 18.3 Å². The molecule has 3 heterocycles. The van der Waals surface area contributed by atoms with Crippen LogP contribution in [0.3, 0.4) is 0 Å². The van der Waals surface area contributed by atoms with Crippen LogP contribution in [0.4, 0.5) is 0 Å². The van der Waals surface area contributed by atoms with Gasteiger partial charge in [0.25, 0.3) is 0 Å². The number of aryl methyl sites for hydroxylation is 1. The molecule has 0 aliphatic carbocycles. The van der Waals surface area contributed by atoms with E-state index in [4.69, 9.17) is 4.74 Å². The summed E-state index contributed by atoms with van der Waals surface area (Å²) in [6.07, 6.45) is 3.91. The van der Waals surface area contributed by atoms with Gasteiger partial charge in [-0.25, -0.2) is 0 Å². The molecule has 0 radical (unpaired) electrons. The lowest BCUT2D eigenvalue weighted by Gasteiger charge is -2.34. The highest BCUT2D eigenvalue weighted by molar-refractivity contribution is 9.10. The Morgan fingerprint density at radius 2 is 2.48 bits per heavy atom. The number of morpholine rings is 1. The van der Waals surface area contributed by atoms with Crippen molar-refractivity contribution in [2.75, 3.05) is 26.7 Å². The number of rotatable bonds is 3. The Labute approximate surface area is 148 Å². The van der Waals surface area contributed by atoms with Crippen molar-refractivity contribution in [2.45, 2.75) is 12.6 Å². The molecule has 1 aliphatic rings. The van der Waals surface area contributed by atoms with Gasteiger partial charge in [-0.05, 0) is 22.0 Å². The average molecular weight is 398 g/mol. The van der Waals surface area contributed by atoms with Gasteiger partial charge >= 0.3 is 0 Å². The van der Waals surface area contributed by atoms with E-state index in [1.54, 1.807) is 16.0 Å². The number of nitrogens with zero attached hydrogens (tertiary/aromatic N) is 4. The maximum absolute atomic E-state index is 5.89. The van der Waals surface area contributed by atoms with E-state index >= 15 is 0 Å². The van der Waals surface area contributed by atoms with Gasteiger partial charge < -0.3 is 15.0 Å². The molecule has 3 rings (SSSR count). The summed E-state index contributed by atoms with van der Waals surface area (Å²) in [5.41, 5.74) is 1.11. The lowest BCUT2D eigenvalue weighted by molar-refractivity contribution is -0.00804. The van der Waals surface area contributed by atoms with Gasteiger partial charge in [0.15, 0.2) is 5.96 Å². The molecule has 0 spiro atoms. The topological polar surface area (TPSA) is 54.7 Å². The van der Waals surface area contributed by atoms with Crippen LogP contribution in [0.25, 0.3) is 0 Å². The Morgan fingerprint density at radius 3 is 3.13 bits per heavy atom. The molecule has 1 unspecified atom stereocenters. The summed E-state index contributed by atoms with van der Waals surface area (Å²) in [4.78, 5) is 7.93. The Balaban J connectivity index is 1.61. The number of thiophene rings is 1. The molecular formula is C15H20BrN5OS. The number of nitrogens with one attached hydrogen (secondary N) is 1. The summed E-state index contributed by atoms with van der Waals surface area (Å²) in [6, 6.07) is 2.13. The zero-order valence-corrected chi connectivity index (χ0v) is 15.6. The summed E-state index contributed by atoms with van der Waals surface area (Å²) in [6.45, 7) is 3.08. The first kappa shape index (κ1) is 16.5. The highest BCUT2D eigenvalue weighted by Gasteiger charge is 2.25. The minimum Gasteiger partial charge on any atom is -0.370 e. The quantitative estimate of drug-likeness (QED) is 0.637. The first-order valence-electron chi connectivity index (χ1n) is 7.44. The number of ether oxygens (including phenoxy) is 1. The maximum Gasteiger partial charge on any atom is 0.194 e. The predicted octanol–water partition coefficient (Wildman–Crippen LogP) is 2.39. The van der Waals surface area contributed by atoms with Crippen LogP contribution >= 0.6 is 27.3 Å². The van der Waals surface area contributed by atoms with Crippen LogP contribution in [0, 0.1) is 0 Å². The number of halogens is 1. The van der Waals surface area contributed by atoms with Crippen LogP contribution in [0.2, 0.25) is 0 Å². The SMILES string of the molecule is CN=C(NCc1cc(Br)cs1)N1CCOC(c2cnn(C)c2)C1. The van der Waals surface area contributed by atoms with Crippen molar-refractivity contribution in [3.63, 3.8) is 0 Å². The third-order valence-corrected chi connectivity index (χ3v) is 5.41. The molecule has 1 atom stereocenters. The first-order chi connectivity index (χ1) is 11.2. The van der Waals surface area contributed by atoms with E-state index < -0.39 is 0 Å². The summed E-state index contributed by atoms with van der Waals surface area (Å²) < 4.78 is 8.81. The molecular weight excluding hydrogens is 378 g/mol. The first-order valence-corrected chi connectivity index (χ1v) is 9.11. The lowest BCUT2D eigenvalue weighted by atomic mass is 10.1. The second-order valence-electron chi connectivity index (χ2n) is 5.38. The summed E-state index contributed by atoms with van der Waals surface area (Å²) >= 11 is 5.22. The van der Waals surface area contributed by atoms with Crippen LogP contribution < -0.4 is 5.32 Å². The third kappa shape index (κ3) is 4.13. The fraction of sp³-hybridized carbons (Fsp3) is 0.467. The summed E-state index contributed by atoms with van der Waals surface area (Å²) in [5.74, 6) is 0.909. The van der Waals surface area contributed by atoms with Gasteiger partial charge in [0.2, 0.25) is 0 Å². The molecule has 1 fully saturated rings. The van der Waals surface area contributed by atoms with Crippen molar-refractivity contribution in [3.05, 3.63) is 38.8 Å². The minimum atomic E-state index is 0.0342. The molecule has 1 N–H and O–H groups in total. The molecule has 8 heteroatoms. The predicted molar refractivity (Wildman–Crippen MR) is 95.7 cm³/mol. The van der Waals surface area contributed by atoms with E-state index in [9.17, 15) is 0 Å². The number of hydrogen-bond acceptors (Lipinski definition) is 4. The second kappa shape index (κ2) is 7.46. The molecule has 124 valence electrons. The molecule has 2 aromatic heterocycles. The highest BCUT2D eigenvalue weighted by atomic mass is 79.9. The van der Waals surface area contributed by atoms with Gasteiger partial charge in [0, 0.05) is 47.1 Å². The fourth-order valence-corrected chi connectivity index (χ4v) is 3.99. The van der Waals surface area contributed by atoms with Crippen molar-refractivity contribution in [1.82, 2.24) is 20.0 Å². The Bertz CT molecular complexity index is 683. The zero-order chi connectivity index (χ0) is 16.2. The smallest absolute Gasteiger partial charge is 0.194 e. The van der Waals surface area contributed by atoms with Crippen LogP contribution in [0.15, 0.2) is 33.3 Å². The third-order valence-electron chi connectivity index (χ3n) is 3.72. The van der Waals surface area contributed by atoms with E-state index in [0.717, 1.165) is 35.6 Å². The van der Waals surface area contributed by atoms with Crippen molar-refractivity contribution >= 4 is 33.2 Å². The molecule has 6 nitrogen and oxygen atoms in total. The van der Waals surface area contributed by atoms with E-state index in [-0.39, 0.29) is 6.10 Å². The molecule has 1 saturated heterocycles. The zero-order valence-electron chi connectivity index (χ0n) is 13.2. The number of aliphatic imine (C=N–C) groups is 1.